The molecule has 0 unspecified atom stereocenters. The molecule has 0 radical (unpaired) electrons. The molecule has 106 valence electrons. The molecule has 3 rings (SSSR count). The predicted molar refractivity (Wildman–Crippen MR) is 71.7 cm³/mol. The summed E-state index contributed by atoms with van der Waals surface area (Å²) in [5, 5.41) is 12.1. The first kappa shape index (κ1) is 12.8. The standard InChI is InChI=1S/C14H23N3O2/c1-9-6-14(7-9,12(15)16-19)13(18)17(11-4-5-11)8-10-2-3-10/h9-11,19H,2-8H2,1H3,(H2,15,16). The van der Waals surface area contributed by atoms with E-state index in [0.717, 1.165) is 32.2 Å². The van der Waals surface area contributed by atoms with Crippen LogP contribution in [-0.4, -0.2) is 34.4 Å². The van der Waals surface area contributed by atoms with E-state index < -0.39 is 5.41 Å². The second-order valence-electron chi connectivity index (χ2n) is 6.71. The maximum Gasteiger partial charge on any atom is 0.236 e. The number of oxime groups is 1. The zero-order valence-electron chi connectivity index (χ0n) is 11.5. The Morgan fingerprint density at radius 1 is 1.37 bits per heavy atom. The van der Waals surface area contributed by atoms with Crippen LogP contribution in [0.2, 0.25) is 0 Å². The van der Waals surface area contributed by atoms with Crippen LogP contribution in [0.1, 0.15) is 45.4 Å². The summed E-state index contributed by atoms with van der Waals surface area (Å²) in [6, 6.07) is 0.410. The summed E-state index contributed by atoms with van der Waals surface area (Å²) >= 11 is 0. The van der Waals surface area contributed by atoms with Crippen molar-refractivity contribution in [2.24, 2.45) is 28.1 Å². The van der Waals surface area contributed by atoms with Gasteiger partial charge in [0.05, 0.1) is 0 Å². The summed E-state index contributed by atoms with van der Waals surface area (Å²) in [6.45, 7) is 2.98. The maximum absolute atomic E-state index is 12.9. The number of amidine groups is 1. The van der Waals surface area contributed by atoms with Gasteiger partial charge in [0.15, 0.2) is 5.84 Å². The average Bonchev–Trinajstić information content (AvgIpc) is 3.22. The van der Waals surface area contributed by atoms with E-state index in [1.54, 1.807) is 0 Å². The minimum Gasteiger partial charge on any atom is -0.409 e. The molecule has 0 bridgehead atoms. The molecule has 3 saturated carbocycles. The van der Waals surface area contributed by atoms with Gasteiger partial charge in [-0.1, -0.05) is 12.1 Å². The van der Waals surface area contributed by atoms with Gasteiger partial charge in [0.25, 0.3) is 0 Å². The second kappa shape index (κ2) is 4.39. The molecular formula is C14H23N3O2. The van der Waals surface area contributed by atoms with Crippen LogP contribution >= 0.6 is 0 Å². The first-order chi connectivity index (χ1) is 9.06. The summed E-state index contributed by atoms with van der Waals surface area (Å²) in [7, 11) is 0. The van der Waals surface area contributed by atoms with Crippen LogP contribution in [0.4, 0.5) is 0 Å². The summed E-state index contributed by atoms with van der Waals surface area (Å²) in [5.41, 5.74) is 5.12. The molecule has 0 aliphatic heterocycles. The molecule has 5 nitrogen and oxygen atoms in total. The molecule has 3 fully saturated rings. The molecule has 5 heteroatoms. The first-order valence-corrected chi connectivity index (χ1v) is 7.36. The molecule has 0 atom stereocenters. The van der Waals surface area contributed by atoms with E-state index in [4.69, 9.17) is 10.9 Å². The number of amides is 1. The number of carbonyl (C=O) groups excluding carboxylic acids is 1. The fraction of sp³-hybridized carbons (Fsp3) is 0.857. The van der Waals surface area contributed by atoms with Gasteiger partial charge < -0.3 is 15.8 Å². The third-order valence-electron chi connectivity index (χ3n) is 4.80. The number of carbonyl (C=O) groups is 1. The SMILES string of the molecule is CC1CC(C(=O)N(CC2CC2)C2CC2)(C(N)=NO)C1. The van der Waals surface area contributed by atoms with Crippen molar-refractivity contribution in [2.45, 2.75) is 51.5 Å². The number of hydrogen-bond donors (Lipinski definition) is 2. The van der Waals surface area contributed by atoms with E-state index in [1.807, 2.05) is 4.90 Å². The zero-order valence-corrected chi connectivity index (χ0v) is 11.5. The molecule has 0 aromatic heterocycles. The Kier molecular flexibility index (Phi) is 2.95. The van der Waals surface area contributed by atoms with Crippen LogP contribution < -0.4 is 5.73 Å². The van der Waals surface area contributed by atoms with Crippen molar-refractivity contribution in [3.8, 4) is 0 Å². The summed E-state index contributed by atoms with van der Waals surface area (Å²) in [4.78, 5) is 14.9. The van der Waals surface area contributed by atoms with Crippen LogP contribution in [-0.2, 0) is 4.79 Å². The first-order valence-electron chi connectivity index (χ1n) is 7.36. The van der Waals surface area contributed by atoms with Gasteiger partial charge in [-0.25, -0.2) is 0 Å². The molecule has 0 aromatic rings. The molecule has 3 N–H and O–H groups in total. The maximum atomic E-state index is 12.9. The topological polar surface area (TPSA) is 78.9 Å². The van der Waals surface area contributed by atoms with E-state index in [0.29, 0.717) is 17.9 Å². The third-order valence-corrected chi connectivity index (χ3v) is 4.80. The number of nitrogens with zero attached hydrogens (tertiary/aromatic N) is 2. The number of rotatable bonds is 5. The van der Waals surface area contributed by atoms with Crippen LogP contribution in [0.15, 0.2) is 5.16 Å². The smallest absolute Gasteiger partial charge is 0.236 e. The quantitative estimate of drug-likeness (QED) is 0.342. The third kappa shape index (κ3) is 2.19. The predicted octanol–water partition coefficient (Wildman–Crippen LogP) is 1.55. The minimum atomic E-state index is -0.717. The highest BCUT2D eigenvalue weighted by Crippen LogP contribution is 2.49. The van der Waals surface area contributed by atoms with E-state index in [2.05, 4.69) is 12.1 Å². The van der Waals surface area contributed by atoms with E-state index in [9.17, 15) is 4.79 Å². The molecular weight excluding hydrogens is 242 g/mol. The Hall–Kier alpha value is -1.26. The van der Waals surface area contributed by atoms with Crippen molar-refractivity contribution >= 4 is 11.7 Å². The van der Waals surface area contributed by atoms with Crippen LogP contribution in [0.3, 0.4) is 0 Å². The van der Waals surface area contributed by atoms with Crippen molar-refractivity contribution in [2.75, 3.05) is 6.54 Å². The van der Waals surface area contributed by atoms with Crippen LogP contribution in [0, 0.1) is 17.3 Å². The molecule has 0 heterocycles. The summed E-state index contributed by atoms with van der Waals surface area (Å²) in [6.07, 6.45) is 6.14. The summed E-state index contributed by atoms with van der Waals surface area (Å²) in [5.74, 6) is 1.38. The van der Waals surface area contributed by atoms with E-state index >= 15 is 0 Å². The Balaban J connectivity index is 1.78. The molecule has 0 aromatic carbocycles. The van der Waals surface area contributed by atoms with Gasteiger partial charge in [0, 0.05) is 12.6 Å². The van der Waals surface area contributed by atoms with Crippen LogP contribution in [0.5, 0.6) is 0 Å². The lowest BCUT2D eigenvalue weighted by Gasteiger charge is -2.46. The van der Waals surface area contributed by atoms with Gasteiger partial charge >= 0.3 is 0 Å². The highest BCUT2D eigenvalue weighted by Gasteiger charge is 2.55. The van der Waals surface area contributed by atoms with Gasteiger partial charge in [-0.3, -0.25) is 4.79 Å². The number of nitrogens with two attached hydrogens (primary N) is 1. The second-order valence-corrected chi connectivity index (χ2v) is 6.71. The van der Waals surface area contributed by atoms with Crippen molar-refractivity contribution in [1.82, 2.24) is 4.90 Å². The van der Waals surface area contributed by atoms with Crippen LogP contribution in [0.25, 0.3) is 0 Å². The molecule has 3 aliphatic rings. The van der Waals surface area contributed by atoms with Crippen molar-refractivity contribution in [3.63, 3.8) is 0 Å². The van der Waals surface area contributed by atoms with Gasteiger partial charge in [-0.05, 0) is 50.4 Å². The Morgan fingerprint density at radius 2 is 2.00 bits per heavy atom. The highest BCUT2D eigenvalue weighted by molar-refractivity contribution is 6.07. The Bertz CT molecular complexity index is 407. The molecule has 0 saturated heterocycles. The Labute approximate surface area is 113 Å². The van der Waals surface area contributed by atoms with Gasteiger partial charge in [0.1, 0.15) is 5.41 Å². The normalized spacial score (nSPS) is 34.8. The molecule has 1 amide bonds. The van der Waals surface area contributed by atoms with Crippen molar-refractivity contribution in [1.29, 1.82) is 0 Å². The molecule has 19 heavy (non-hydrogen) atoms. The zero-order chi connectivity index (χ0) is 13.6. The fourth-order valence-electron chi connectivity index (χ4n) is 3.36. The lowest BCUT2D eigenvalue weighted by atomic mass is 9.61. The average molecular weight is 265 g/mol. The Morgan fingerprint density at radius 3 is 2.42 bits per heavy atom. The lowest BCUT2D eigenvalue weighted by molar-refractivity contribution is -0.145. The van der Waals surface area contributed by atoms with E-state index in [1.165, 1.54) is 12.8 Å². The number of hydrogen-bond acceptors (Lipinski definition) is 3. The molecule has 3 aliphatic carbocycles. The molecule has 0 spiro atoms. The highest BCUT2D eigenvalue weighted by atomic mass is 16.4. The van der Waals surface area contributed by atoms with Gasteiger partial charge in [-0.15, -0.1) is 0 Å². The lowest BCUT2D eigenvalue weighted by Crippen LogP contribution is -2.58. The largest absolute Gasteiger partial charge is 0.409 e. The summed E-state index contributed by atoms with van der Waals surface area (Å²) < 4.78 is 0. The minimum absolute atomic E-state index is 0.107. The van der Waals surface area contributed by atoms with Gasteiger partial charge in [-0.2, -0.15) is 0 Å². The van der Waals surface area contributed by atoms with Gasteiger partial charge in [0.2, 0.25) is 5.91 Å². The fourth-order valence-corrected chi connectivity index (χ4v) is 3.36. The van der Waals surface area contributed by atoms with E-state index in [-0.39, 0.29) is 11.7 Å². The van der Waals surface area contributed by atoms with Crippen molar-refractivity contribution in [3.05, 3.63) is 0 Å². The monoisotopic (exact) mass is 265 g/mol. The van der Waals surface area contributed by atoms with Crippen molar-refractivity contribution < 1.29 is 10.0 Å².